The number of nitrogens with zero attached hydrogens (tertiary/aromatic N) is 5. The molecule has 214 valence electrons. The Morgan fingerprint density at radius 2 is 1.98 bits per heavy atom. The van der Waals surface area contributed by atoms with Gasteiger partial charge in [-0.2, -0.15) is 28.2 Å². The van der Waals surface area contributed by atoms with Gasteiger partial charge >= 0.3 is 12.1 Å². The van der Waals surface area contributed by atoms with Crippen molar-refractivity contribution >= 4 is 29.3 Å². The van der Waals surface area contributed by atoms with Crippen LogP contribution in [0.4, 0.5) is 24.9 Å². The summed E-state index contributed by atoms with van der Waals surface area (Å²) in [5.74, 6) is -1.06. The Labute approximate surface area is 233 Å². The molecule has 10 nitrogen and oxygen atoms in total. The summed E-state index contributed by atoms with van der Waals surface area (Å²) in [5.41, 5.74) is 6.34. The number of carboxylic acids is 1. The predicted molar refractivity (Wildman–Crippen MR) is 142 cm³/mol. The van der Waals surface area contributed by atoms with Gasteiger partial charge < -0.3 is 25.8 Å². The second-order valence-electron chi connectivity index (χ2n) is 10.4. The molecule has 0 amide bonds. The van der Waals surface area contributed by atoms with Gasteiger partial charge in [0.1, 0.15) is 11.9 Å². The number of aryl methyl sites for hydroxylation is 1. The van der Waals surface area contributed by atoms with Gasteiger partial charge in [-0.05, 0) is 62.8 Å². The smallest absolute Gasteiger partial charge is 0.429 e. The molecule has 2 aliphatic heterocycles. The van der Waals surface area contributed by atoms with Gasteiger partial charge in [-0.1, -0.05) is 17.7 Å². The molecule has 0 aliphatic carbocycles. The number of carbonyl (C=O) groups is 1. The van der Waals surface area contributed by atoms with Crippen molar-refractivity contribution in [3.63, 3.8) is 0 Å². The fraction of sp³-hybridized carbons (Fsp3) is 0.462. The maximum atomic E-state index is 14.4. The summed E-state index contributed by atoms with van der Waals surface area (Å²) in [5, 5.41) is 17.0. The minimum Gasteiger partial charge on any atom is -0.480 e. The highest BCUT2D eigenvalue weighted by molar-refractivity contribution is 6.30. The molecule has 2 fully saturated rings. The molecule has 0 saturated carbocycles. The fourth-order valence-electron chi connectivity index (χ4n) is 5.52. The SMILES string of the molecule is Cc1ccn(-c2cc(Cl)ccc2C(Oc2cc(N3CCC4(CCNC(C(=O)O)C4)CC3)nc(N)n2)C(F)(F)F)n1. The Kier molecular flexibility index (Phi) is 7.53. The number of nitrogen functional groups attached to an aromatic ring is 1. The van der Waals surface area contributed by atoms with Crippen LogP contribution in [0.15, 0.2) is 36.5 Å². The minimum atomic E-state index is -4.81. The van der Waals surface area contributed by atoms with E-state index < -0.39 is 24.3 Å². The molecule has 2 atom stereocenters. The first-order chi connectivity index (χ1) is 18.9. The molecule has 2 saturated heterocycles. The lowest BCUT2D eigenvalue weighted by atomic mass is 9.69. The van der Waals surface area contributed by atoms with Crippen LogP contribution in [0.25, 0.3) is 5.69 Å². The lowest BCUT2D eigenvalue weighted by molar-refractivity contribution is -0.198. The molecular formula is C26H29ClF3N7O3. The lowest BCUT2D eigenvalue weighted by Crippen LogP contribution is -2.52. The second-order valence-corrected chi connectivity index (χ2v) is 10.8. The molecule has 2 unspecified atom stereocenters. The maximum absolute atomic E-state index is 14.4. The van der Waals surface area contributed by atoms with Crippen LogP contribution in [0.5, 0.6) is 5.88 Å². The number of aliphatic carboxylic acids is 1. The molecule has 4 heterocycles. The molecule has 2 aromatic heterocycles. The molecule has 5 rings (SSSR count). The number of ether oxygens (including phenoxy) is 1. The number of hydrogen-bond acceptors (Lipinski definition) is 8. The summed E-state index contributed by atoms with van der Waals surface area (Å²) >= 11 is 6.12. The number of piperidine rings is 2. The van der Waals surface area contributed by atoms with Gasteiger partial charge in [0.2, 0.25) is 17.9 Å². The van der Waals surface area contributed by atoms with Gasteiger partial charge in [0.15, 0.2) is 0 Å². The van der Waals surface area contributed by atoms with E-state index in [0.29, 0.717) is 37.6 Å². The highest BCUT2D eigenvalue weighted by atomic mass is 35.5. The van der Waals surface area contributed by atoms with Crippen molar-refractivity contribution in [1.29, 1.82) is 0 Å². The number of anilines is 2. The van der Waals surface area contributed by atoms with E-state index in [1.165, 1.54) is 28.9 Å². The third kappa shape index (κ3) is 5.94. The molecule has 1 spiro atoms. The zero-order chi connectivity index (χ0) is 28.7. The predicted octanol–water partition coefficient (Wildman–Crippen LogP) is 4.31. The number of nitrogens with one attached hydrogen (secondary N) is 1. The highest BCUT2D eigenvalue weighted by Crippen LogP contribution is 2.43. The first kappa shape index (κ1) is 28.0. The zero-order valence-corrected chi connectivity index (χ0v) is 22.4. The van der Waals surface area contributed by atoms with Crippen molar-refractivity contribution in [1.82, 2.24) is 25.1 Å². The summed E-state index contributed by atoms with van der Waals surface area (Å²) in [6.07, 6.45) is -2.82. The van der Waals surface area contributed by atoms with E-state index >= 15 is 0 Å². The van der Waals surface area contributed by atoms with E-state index in [9.17, 15) is 23.1 Å². The summed E-state index contributed by atoms with van der Waals surface area (Å²) in [6, 6.07) is 6.44. The summed E-state index contributed by atoms with van der Waals surface area (Å²) in [6.45, 7) is 3.44. The molecule has 3 aromatic rings. The quantitative estimate of drug-likeness (QED) is 0.391. The molecule has 14 heteroatoms. The minimum absolute atomic E-state index is 0.111. The van der Waals surface area contributed by atoms with E-state index in [0.717, 1.165) is 19.3 Å². The Balaban J connectivity index is 1.40. The lowest BCUT2D eigenvalue weighted by Gasteiger charge is -2.46. The first-order valence-corrected chi connectivity index (χ1v) is 13.2. The van der Waals surface area contributed by atoms with Crippen LogP contribution < -0.4 is 20.7 Å². The largest absolute Gasteiger partial charge is 0.480 e. The van der Waals surface area contributed by atoms with Crippen molar-refractivity contribution in [2.75, 3.05) is 30.3 Å². The molecule has 2 aliphatic rings. The van der Waals surface area contributed by atoms with Gasteiger partial charge in [-0.15, -0.1) is 0 Å². The van der Waals surface area contributed by atoms with E-state index in [4.69, 9.17) is 22.1 Å². The van der Waals surface area contributed by atoms with Crippen LogP contribution >= 0.6 is 11.6 Å². The van der Waals surface area contributed by atoms with Crippen LogP contribution in [0.3, 0.4) is 0 Å². The fourth-order valence-corrected chi connectivity index (χ4v) is 5.69. The van der Waals surface area contributed by atoms with Crippen molar-refractivity contribution in [2.24, 2.45) is 5.41 Å². The van der Waals surface area contributed by atoms with E-state index in [2.05, 4.69) is 20.4 Å². The number of rotatable bonds is 6. The number of benzene rings is 1. The van der Waals surface area contributed by atoms with E-state index in [1.54, 1.807) is 19.2 Å². The number of alkyl halides is 3. The average Bonchev–Trinajstić information content (AvgIpc) is 3.33. The summed E-state index contributed by atoms with van der Waals surface area (Å²) < 4.78 is 50.1. The third-order valence-electron chi connectivity index (χ3n) is 7.62. The van der Waals surface area contributed by atoms with Crippen LogP contribution in [0.2, 0.25) is 5.02 Å². The molecule has 1 aromatic carbocycles. The van der Waals surface area contributed by atoms with Gasteiger partial charge in [-0.25, -0.2) is 4.68 Å². The van der Waals surface area contributed by atoms with Crippen molar-refractivity contribution < 1.29 is 27.8 Å². The van der Waals surface area contributed by atoms with Crippen LogP contribution in [0, 0.1) is 12.3 Å². The van der Waals surface area contributed by atoms with E-state index in [1.807, 2.05) is 4.90 Å². The normalized spacial score (nSPS) is 19.9. The molecular weight excluding hydrogens is 551 g/mol. The Morgan fingerprint density at radius 1 is 1.23 bits per heavy atom. The van der Waals surface area contributed by atoms with Crippen molar-refractivity contribution in [3.8, 4) is 11.6 Å². The maximum Gasteiger partial charge on any atom is 0.429 e. The number of aromatic nitrogens is 4. The van der Waals surface area contributed by atoms with Gasteiger partial charge in [0.05, 0.1) is 11.4 Å². The van der Waals surface area contributed by atoms with Gasteiger partial charge in [-0.3, -0.25) is 4.79 Å². The van der Waals surface area contributed by atoms with Crippen LogP contribution in [0.1, 0.15) is 43.0 Å². The summed E-state index contributed by atoms with van der Waals surface area (Å²) in [4.78, 5) is 21.6. The Hall–Kier alpha value is -3.58. The molecule has 0 radical (unpaired) electrons. The van der Waals surface area contributed by atoms with Crippen molar-refractivity contribution in [2.45, 2.75) is 50.9 Å². The number of carboxylic acid groups (broad SMARTS) is 1. The van der Waals surface area contributed by atoms with E-state index in [-0.39, 0.29) is 33.5 Å². The van der Waals surface area contributed by atoms with Crippen LogP contribution in [-0.2, 0) is 4.79 Å². The monoisotopic (exact) mass is 579 g/mol. The molecule has 4 N–H and O–H groups in total. The second kappa shape index (κ2) is 10.8. The number of halogens is 4. The van der Waals surface area contributed by atoms with Crippen LogP contribution in [-0.4, -0.2) is 62.7 Å². The highest BCUT2D eigenvalue weighted by Gasteiger charge is 2.45. The molecule has 40 heavy (non-hydrogen) atoms. The topological polar surface area (TPSA) is 131 Å². The Morgan fingerprint density at radius 3 is 2.62 bits per heavy atom. The number of hydrogen-bond donors (Lipinski definition) is 3. The third-order valence-corrected chi connectivity index (χ3v) is 7.85. The van der Waals surface area contributed by atoms with Gasteiger partial charge in [0.25, 0.3) is 0 Å². The zero-order valence-electron chi connectivity index (χ0n) is 21.7. The standard InChI is InChI=1S/C26H29ClF3N7O3/c1-15-4-9-37(35-15)19-12-16(27)2-3-17(19)22(26(28,29)30)40-21-13-20(33-24(31)34-21)36-10-6-25(7-11-36)5-8-32-18(14-25)23(38)39/h2-4,9,12-13,18,22,32H,5-8,10-11,14H2,1H3,(H,38,39)(H2,31,33,34). The summed E-state index contributed by atoms with van der Waals surface area (Å²) in [7, 11) is 0. The average molecular weight is 580 g/mol. The Bertz CT molecular complexity index is 1390. The van der Waals surface area contributed by atoms with Gasteiger partial charge in [0, 0.05) is 35.9 Å². The number of nitrogens with two attached hydrogens (primary N) is 1. The first-order valence-electron chi connectivity index (χ1n) is 12.8. The van der Waals surface area contributed by atoms with Crippen molar-refractivity contribution in [3.05, 3.63) is 52.8 Å². The molecule has 0 bridgehead atoms.